The Morgan fingerprint density at radius 2 is 1.94 bits per heavy atom. The summed E-state index contributed by atoms with van der Waals surface area (Å²) in [7, 11) is 0. The monoisotopic (exact) mass is 468 g/mol. The first-order chi connectivity index (χ1) is 16.5. The van der Waals surface area contributed by atoms with Gasteiger partial charge in [-0.1, -0.05) is 48.0 Å². The Labute approximate surface area is 202 Å². The summed E-state index contributed by atoms with van der Waals surface area (Å²) in [4.78, 5) is 33.1. The van der Waals surface area contributed by atoms with Crippen molar-refractivity contribution in [2.75, 3.05) is 6.54 Å². The van der Waals surface area contributed by atoms with Gasteiger partial charge in [-0.15, -0.1) is 17.9 Å². The molecule has 0 spiro atoms. The van der Waals surface area contributed by atoms with Gasteiger partial charge in [-0.2, -0.15) is 5.26 Å². The fraction of sp³-hybridized carbons (Fsp3) is 0.185. The number of carbonyl (C=O) groups is 1. The summed E-state index contributed by atoms with van der Waals surface area (Å²) in [6.07, 6.45) is 3.37. The molecule has 6 nitrogen and oxygen atoms in total. The molecule has 4 aromatic rings. The number of hydrogen-bond donors (Lipinski definition) is 0. The Hall–Kier alpha value is -4.02. The minimum Gasteiger partial charge on any atom is -0.335 e. The third-order valence-electron chi connectivity index (χ3n) is 5.65. The van der Waals surface area contributed by atoms with Crippen LogP contribution in [-0.4, -0.2) is 26.9 Å². The van der Waals surface area contributed by atoms with Crippen LogP contribution in [-0.2, 0) is 17.9 Å². The minimum absolute atomic E-state index is 0.0830. The van der Waals surface area contributed by atoms with Gasteiger partial charge in [0.1, 0.15) is 4.83 Å². The molecule has 0 fully saturated rings. The Balaban J connectivity index is 1.52. The van der Waals surface area contributed by atoms with E-state index in [0.717, 1.165) is 22.3 Å². The quantitative estimate of drug-likeness (QED) is 0.344. The van der Waals surface area contributed by atoms with Crippen LogP contribution in [0.4, 0.5) is 0 Å². The molecule has 0 unspecified atom stereocenters. The van der Waals surface area contributed by atoms with E-state index in [9.17, 15) is 9.59 Å². The van der Waals surface area contributed by atoms with E-state index in [2.05, 4.69) is 17.6 Å². The highest BCUT2D eigenvalue weighted by atomic mass is 32.1. The van der Waals surface area contributed by atoms with Crippen molar-refractivity contribution in [3.63, 3.8) is 0 Å². The van der Waals surface area contributed by atoms with Crippen molar-refractivity contribution in [2.45, 2.75) is 26.4 Å². The van der Waals surface area contributed by atoms with Gasteiger partial charge in [0.25, 0.3) is 5.56 Å². The molecule has 4 rings (SSSR count). The van der Waals surface area contributed by atoms with Gasteiger partial charge in [-0.3, -0.25) is 14.2 Å². The molecular formula is C27H24N4O2S. The SMILES string of the molecule is C=CCN(Cc1ccc(C#N)cc1)C(=O)CCn1cnc2scc(-c3ccc(C)cc3)c2c1=O. The van der Waals surface area contributed by atoms with Crippen LogP contribution in [0.1, 0.15) is 23.1 Å². The van der Waals surface area contributed by atoms with Crippen LogP contribution in [0.15, 0.2) is 77.7 Å². The molecule has 7 heteroatoms. The lowest BCUT2D eigenvalue weighted by atomic mass is 10.1. The van der Waals surface area contributed by atoms with Crippen molar-refractivity contribution in [1.29, 1.82) is 5.26 Å². The van der Waals surface area contributed by atoms with Crippen LogP contribution in [0, 0.1) is 18.3 Å². The van der Waals surface area contributed by atoms with Gasteiger partial charge in [-0.25, -0.2) is 4.98 Å². The summed E-state index contributed by atoms with van der Waals surface area (Å²) in [5.74, 6) is -0.0830. The summed E-state index contributed by atoms with van der Waals surface area (Å²) < 4.78 is 1.51. The van der Waals surface area contributed by atoms with Crippen molar-refractivity contribution >= 4 is 27.5 Å². The zero-order chi connectivity index (χ0) is 24.1. The number of aryl methyl sites for hydroxylation is 2. The Morgan fingerprint density at radius 1 is 1.21 bits per heavy atom. The minimum atomic E-state index is -0.142. The highest BCUT2D eigenvalue weighted by Gasteiger charge is 2.16. The smallest absolute Gasteiger partial charge is 0.262 e. The van der Waals surface area contributed by atoms with Crippen LogP contribution in [0.25, 0.3) is 21.3 Å². The largest absolute Gasteiger partial charge is 0.335 e. The molecule has 0 N–H and O–H groups in total. The van der Waals surface area contributed by atoms with E-state index >= 15 is 0 Å². The second kappa shape index (κ2) is 10.3. The summed E-state index contributed by atoms with van der Waals surface area (Å²) in [5, 5.41) is 11.5. The van der Waals surface area contributed by atoms with Crippen LogP contribution >= 0.6 is 11.3 Å². The number of thiophene rings is 1. The lowest BCUT2D eigenvalue weighted by Crippen LogP contribution is -2.32. The Kier molecular flexibility index (Phi) is 7.00. The molecule has 0 saturated heterocycles. The number of amides is 1. The molecule has 2 aromatic heterocycles. The Morgan fingerprint density at radius 3 is 2.62 bits per heavy atom. The maximum atomic E-state index is 13.3. The molecule has 0 atom stereocenters. The van der Waals surface area contributed by atoms with E-state index < -0.39 is 0 Å². The van der Waals surface area contributed by atoms with Crippen molar-refractivity contribution in [3.05, 3.63) is 99.9 Å². The summed E-state index contributed by atoms with van der Waals surface area (Å²) in [5.41, 5.74) is 4.36. The lowest BCUT2D eigenvalue weighted by Gasteiger charge is -2.21. The second-order valence-electron chi connectivity index (χ2n) is 8.06. The highest BCUT2D eigenvalue weighted by Crippen LogP contribution is 2.30. The normalized spacial score (nSPS) is 10.7. The van der Waals surface area contributed by atoms with Gasteiger partial charge >= 0.3 is 0 Å². The van der Waals surface area contributed by atoms with Crippen molar-refractivity contribution < 1.29 is 4.79 Å². The van der Waals surface area contributed by atoms with Gasteiger partial charge in [0.2, 0.25) is 5.91 Å². The van der Waals surface area contributed by atoms with Gasteiger partial charge in [0, 0.05) is 37.0 Å². The van der Waals surface area contributed by atoms with E-state index in [4.69, 9.17) is 5.26 Å². The predicted octanol–water partition coefficient (Wildman–Crippen LogP) is 4.91. The van der Waals surface area contributed by atoms with Crippen LogP contribution < -0.4 is 5.56 Å². The Bertz CT molecular complexity index is 1430. The number of rotatable bonds is 8. The van der Waals surface area contributed by atoms with Gasteiger partial charge in [0.15, 0.2) is 0 Å². The van der Waals surface area contributed by atoms with E-state index in [1.54, 1.807) is 23.1 Å². The summed E-state index contributed by atoms with van der Waals surface area (Å²) in [6, 6.07) is 17.3. The molecule has 0 aliphatic carbocycles. The van der Waals surface area contributed by atoms with E-state index in [1.807, 2.05) is 48.7 Å². The molecule has 0 radical (unpaired) electrons. The summed E-state index contributed by atoms with van der Waals surface area (Å²) in [6.45, 7) is 6.83. The van der Waals surface area contributed by atoms with E-state index in [1.165, 1.54) is 22.2 Å². The summed E-state index contributed by atoms with van der Waals surface area (Å²) >= 11 is 1.44. The zero-order valence-electron chi connectivity index (χ0n) is 18.9. The average Bonchev–Trinajstić information content (AvgIpc) is 3.29. The number of nitriles is 1. The molecule has 1 amide bonds. The fourth-order valence-electron chi connectivity index (χ4n) is 3.76. The number of nitrogens with zero attached hydrogens (tertiary/aromatic N) is 4. The van der Waals surface area contributed by atoms with Crippen molar-refractivity contribution in [3.8, 4) is 17.2 Å². The molecule has 2 heterocycles. The lowest BCUT2D eigenvalue weighted by molar-refractivity contribution is -0.131. The molecule has 0 aliphatic rings. The third-order valence-corrected chi connectivity index (χ3v) is 6.53. The first-order valence-corrected chi connectivity index (χ1v) is 11.8. The zero-order valence-corrected chi connectivity index (χ0v) is 19.7. The molecule has 0 bridgehead atoms. The van der Waals surface area contributed by atoms with Gasteiger partial charge in [0.05, 0.1) is 23.3 Å². The fourth-order valence-corrected chi connectivity index (χ4v) is 4.67. The van der Waals surface area contributed by atoms with Crippen LogP contribution in [0.5, 0.6) is 0 Å². The number of benzene rings is 2. The predicted molar refractivity (Wildman–Crippen MR) is 135 cm³/mol. The van der Waals surface area contributed by atoms with Crippen LogP contribution in [0.2, 0.25) is 0 Å². The second-order valence-corrected chi connectivity index (χ2v) is 8.92. The van der Waals surface area contributed by atoms with E-state index in [-0.39, 0.29) is 24.4 Å². The average molecular weight is 469 g/mol. The number of aromatic nitrogens is 2. The van der Waals surface area contributed by atoms with Crippen LogP contribution in [0.3, 0.4) is 0 Å². The van der Waals surface area contributed by atoms with E-state index in [0.29, 0.717) is 28.9 Å². The maximum Gasteiger partial charge on any atom is 0.262 e. The number of hydrogen-bond acceptors (Lipinski definition) is 5. The molecule has 34 heavy (non-hydrogen) atoms. The highest BCUT2D eigenvalue weighted by molar-refractivity contribution is 7.17. The molecular weight excluding hydrogens is 444 g/mol. The number of fused-ring (bicyclic) bond motifs is 1. The molecule has 0 saturated carbocycles. The first kappa shape index (κ1) is 23.1. The van der Waals surface area contributed by atoms with Crippen molar-refractivity contribution in [1.82, 2.24) is 14.5 Å². The van der Waals surface area contributed by atoms with Crippen molar-refractivity contribution in [2.24, 2.45) is 0 Å². The van der Waals surface area contributed by atoms with Gasteiger partial charge < -0.3 is 4.90 Å². The number of carbonyl (C=O) groups excluding carboxylic acids is 1. The standard InChI is InChI=1S/C27H24N4O2S/c1-3-13-30(16-21-8-6-20(15-28)7-9-21)24(32)12-14-31-18-29-26-25(27(31)33)23(17-34-26)22-10-4-19(2)5-11-22/h3-11,17-18H,1,12-14,16H2,2H3. The molecule has 0 aliphatic heterocycles. The first-order valence-electron chi connectivity index (χ1n) is 10.9. The maximum absolute atomic E-state index is 13.3. The molecule has 170 valence electrons. The van der Waals surface area contributed by atoms with Gasteiger partial charge in [-0.05, 0) is 30.2 Å². The third kappa shape index (κ3) is 4.98. The molecule has 2 aromatic carbocycles. The topological polar surface area (TPSA) is 79.0 Å².